The van der Waals surface area contributed by atoms with E-state index < -0.39 is 5.97 Å². The Morgan fingerprint density at radius 1 is 1.09 bits per heavy atom. The number of carbonyl (C=O) groups excluding carboxylic acids is 1. The third-order valence-electron chi connectivity index (χ3n) is 6.01. The third kappa shape index (κ3) is 4.77. The molecular formula is C25H28N4O3. The highest BCUT2D eigenvalue weighted by molar-refractivity contribution is 5.95. The number of aromatic carboxylic acids is 1. The van der Waals surface area contributed by atoms with Crippen molar-refractivity contribution < 1.29 is 14.7 Å². The predicted octanol–water partition coefficient (Wildman–Crippen LogP) is 4.80. The van der Waals surface area contributed by atoms with Crippen molar-refractivity contribution >= 4 is 11.8 Å². The molecule has 1 N–H and O–H groups in total. The van der Waals surface area contributed by atoms with Gasteiger partial charge in [-0.05, 0) is 37.0 Å². The van der Waals surface area contributed by atoms with Gasteiger partial charge in [0.2, 0.25) is 11.6 Å². The number of hydrogen-bond donors (Lipinski definition) is 1. The lowest BCUT2D eigenvalue weighted by molar-refractivity contribution is 0.0697. The first kappa shape index (κ1) is 21.9. The van der Waals surface area contributed by atoms with E-state index in [-0.39, 0.29) is 17.3 Å². The maximum Gasteiger partial charge on any atom is 0.336 e. The molecular weight excluding hydrogens is 404 g/mol. The van der Waals surface area contributed by atoms with Gasteiger partial charge >= 0.3 is 5.97 Å². The van der Waals surface area contributed by atoms with Crippen molar-refractivity contribution in [3.63, 3.8) is 0 Å². The first-order chi connectivity index (χ1) is 15.6. The minimum atomic E-state index is -0.978. The molecule has 0 amide bonds. The van der Waals surface area contributed by atoms with E-state index >= 15 is 0 Å². The van der Waals surface area contributed by atoms with Gasteiger partial charge in [0.05, 0.1) is 17.8 Å². The Labute approximate surface area is 187 Å². The molecule has 0 atom stereocenters. The lowest BCUT2D eigenvalue weighted by Gasteiger charge is -2.18. The third-order valence-corrected chi connectivity index (χ3v) is 6.01. The number of hydrogen-bond acceptors (Lipinski definition) is 5. The van der Waals surface area contributed by atoms with Crippen LogP contribution in [0.25, 0.3) is 11.3 Å². The SMILES string of the molecule is CCCc1nc(C(=O)C2CCCCC2)nn1Cc1ccc(-c2ccccc2C(=O)O)nc1. The van der Waals surface area contributed by atoms with E-state index in [0.717, 1.165) is 49.9 Å². The Morgan fingerprint density at radius 3 is 2.56 bits per heavy atom. The molecule has 7 nitrogen and oxygen atoms in total. The number of pyridine rings is 1. The van der Waals surface area contributed by atoms with Gasteiger partial charge in [-0.1, -0.05) is 50.5 Å². The maximum absolute atomic E-state index is 12.9. The van der Waals surface area contributed by atoms with Crippen molar-refractivity contribution in [3.8, 4) is 11.3 Å². The van der Waals surface area contributed by atoms with Crippen molar-refractivity contribution in [2.45, 2.75) is 58.4 Å². The van der Waals surface area contributed by atoms with Crippen LogP contribution in [0.1, 0.15) is 77.8 Å². The van der Waals surface area contributed by atoms with Crippen molar-refractivity contribution in [3.05, 3.63) is 65.4 Å². The van der Waals surface area contributed by atoms with Crippen LogP contribution in [0.3, 0.4) is 0 Å². The van der Waals surface area contributed by atoms with E-state index in [1.807, 2.05) is 12.1 Å². The van der Waals surface area contributed by atoms with E-state index in [1.165, 1.54) is 6.42 Å². The van der Waals surface area contributed by atoms with E-state index in [1.54, 1.807) is 35.1 Å². The van der Waals surface area contributed by atoms with Crippen LogP contribution in [0, 0.1) is 5.92 Å². The number of Topliss-reactive ketones (excluding diaryl/α,β-unsaturated/α-hetero) is 1. The fraction of sp³-hybridized carbons (Fsp3) is 0.400. The van der Waals surface area contributed by atoms with Gasteiger partial charge in [0.25, 0.3) is 0 Å². The number of benzene rings is 1. The monoisotopic (exact) mass is 432 g/mol. The molecule has 1 aliphatic rings. The summed E-state index contributed by atoms with van der Waals surface area (Å²) in [5, 5.41) is 14.0. The highest BCUT2D eigenvalue weighted by atomic mass is 16.4. The van der Waals surface area contributed by atoms with Crippen LogP contribution in [-0.4, -0.2) is 36.6 Å². The number of carboxylic acids is 1. The van der Waals surface area contributed by atoms with Gasteiger partial charge in [-0.15, -0.1) is 5.10 Å². The Morgan fingerprint density at radius 2 is 1.88 bits per heavy atom. The average Bonchev–Trinajstić information content (AvgIpc) is 3.22. The molecule has 0 spiro atoms. The van der Waals surface area contributed by atoms with Crippen molar-refractivity contribution in [1.82, 2.24) is 19.7 Å². The van der Waals surface area contributed by atoms with Crippen molar-refractivity contribution in [2.24, 2.45) is 5.92 Å². The van der Waals surface area contributed by atoms with Crippen LogP contribution in [-0.2, 0) is 13.0 Å². The molecule has 0 unspecified atom stereocenters. The summed E-state index contributed by atoms with van der Waals surface area (Å²) < 4.78 is 1.81. The fourth-order valence-corrected chi connectivity index (χ4v) is 4.30. The minimum absolute atomic E-state index is 0.0457. The lowest BCUT2D eigenvalue weighted by atomic mass is 9.86. The number of rotatable bonds is 8. The Bertz CT molecular complexity index is 1100. The molecule has 3 aromatic rings. The van der Waals surface area contributed by atoms with Gasteiger partial charge in [-0.25, -0.2) is 14.5 Å². The average molecular weight is 433 g/mol. The van der Waals surface area contributed by atoms with Gasteiger partial charge in [0, 0.05) is 24.1 Å². The quantitative estimate of drug-likeness (QED) is 0.513. The molecule has 1 aromatic carbocycles. The van der Waals surface area contributed by atoms with Crippen LogP contribution in [0.4, 0.5) is 0 Å². The van der Waals surface area contributed by atoms with Crippen LogP contribution >= 0.6 is 0 Å². The summed E-state index contributed by atoms with van der Waals surface area (Å²) >= 11 is 0. The van der Waals surface area contributed by atoms with Crippen LogP contribution in [0.15, 0.2) is 42.6 Å². The Kier molecular flexibility index (Phi) is 6.73. The van der Waals surface area contributed by atoms with Crippen molar-refractivity contribution in [1.29, 1.82) is 0 Å². The highest BCUT2D eigenvalue weighted by Crippen LogP contribution is 2.26. The molecule has 2 heterocycles. The molecule has 0 bridgehead atoms. The van der Waals surface area contributed by atoms with Gasteiger partial charge in [0.1, 0.15) is 5.82 Å². The normalized spacial score (nSPS) is 14.4. The molecule has 2 aromatic heterocycles. The molecule has 1 aliphatic carbocycles. The zero-order chi connectivity index (χ0) is 22.5. The molecule has 0 aliphatic heterocycles. The van der Waals surface area contributed by atoms with Crippen LogP contribution in [0.2, 0.25) is 0 Å². The maximum atomic E-state index is 12.9. The number of carbonyl (C=O) groups is 2. The molecule has 0 saturated heterocycles. The molecule has 0 radical (unpaired) electrons. The Balaban J connectivity index is 1.55. The standard InChI is InChI=1S/C25H28N4O3/c1-2-8-22-27-24(23(30)18-9-4-3-5-10-18)28-29(22)16-17-13-14-21(26-15-17)19-11-6-7-12-20(19)25(31)32/h6-7,11-15,18H,2-5,8-10,16H2,1H3,(H,31,32). The lowest BCUT2D eigenvalue weighted by Crippen LogP contribution is -2.19. The van der Waals surface area contributed by atoms with Gasteiger partial charge in [0.15, 0.2) is 0 Å². The van der Waals surface area contributed by atoms with E-state index in [9.17, 15) is 14.7 Å². The second-order valence-electron chi connectivity index (χ2n) is 8.36. The summed E-state index contributed by atoms with van der Waals surface area (Å²) in [4.78, 5) is 33.5. The summed E-state index contributed by atoms with van der Waals surface area (Å²) in [5.74, 6) is 0.282. The molecule has 1 saturated carbocycles. The summed E-state index contributed by atoms with van der Waals surface area (Å²) in [5.41, 5.74) is 2.33. The second kappa shape index (κ2) is 9.85. The smallest absolute Gasteiger partial charge is 0.336 e. The molecule has 32 heavy (non-hydrogen) atoms. The zero-order valence-electron chi connectivity index (χ0n) is 18.3. The number of aromatic nitrogens is 4. The topological polar surface area (TPSA) is 98.0 Å². The minimum Gasteiger partial charge on any atom is -0.478 e. The molecule has 7 heteroatoms. The number of ketones is 1. The molecule has 4 rings (SSSR count). The summed E-state index contributed by atoms with van der Waals surface area (Å²) in [6.45, 7) is 2.55. The summed E-state index contributed by atoms with van der Waals surface area (Å²) in [7, 11) is 0. The van der Waals surface area contributed by atoms with Crippen LogP contribution in [0.5, 0.6) is 0 Å². The predicted molar refractivity (Wildman–Crippen MR) is 121 cm³/mol. The Hall–Kier alpha value is -3.35. The summed E-state index contributed by atoms with van der Waals surface area (Å²) in [6.07, 6.45) is 8.66. The number of carboxylic acid groups (broad SMARTS) is 1. The molecule has 166 valence electrons. The van der Waals surface area contributed by atoms with E-state index in [0.29, 0.717) is 23.6 Å². The highest BCUT2D eigenvalue weighted by Gasteiger charge is 2.26. The van der Waals surface area contributed by atoms with Gasteiger partial charge in [-0.2, -0.15) is 0 Å². The van der Waals surface area contributed by atoms with E-state index in [2.05, 4.69) is 22.0 Å². The first-order valence-corrected chi connectivity index (χ1v) is 11.3. The summed E-state index contributed by atoms with van der Waals surface area (Å²) in [6, 6.07) is 10.6. The van der Waals surface area contributed by atoms with Gasteiger partial charge < -0.3 is 5.11 Å². The largest absolute Gasteiger partial charge is 0.478 e. The van der Waals surface area contributed by atoms with E-state index in [4.69, 9.17) is 0 Å². The van der Waals surface area contributed by atoms with Crippen LogP contribution < -0.4 is 0 Å². The zero-order valence-corrected chi connectivity index (χ0v) is 18.3. The number of nitrogens with zero attached hydrogens (tertiary/aromatic N) is 4. The first-order valence-electron chi connectivity index (χ1n) is 11.3. The van der Waals surface area contributed by atoms with Crippen molar-refractivity contribution in [2.75, 3.05) is 0 Å². The second-order valence-corrected chi connectivity index (χ2v) is 8.36. The number of aryl methyl sites for hydroxylation is 1. The van der Waals surface area contributed by atoms with Gasteiger partial charge in [-0.3, -0.25) is 9.78 Å². The fourth-order valence-electron chi connectivity index (χ4n) is 4.30. The molecule has 1 fully saturated rings.